The number of aromatic nitrogens is 1. The summed E-state index contributed by atoms with van der Waals surface area (Å²) in [6.45, 7) is 8.37. The molecule has 0 bridgehead atoms. The largest absolute Gasteiger partial charge is 0.459 e. The lowest BCUT2D eigenvalue weighted by Crippen LogP contribution is -2.54. The Hall–Kier alpha value is -1.71. The highest BCUT2D eigenvalue weighted by molar-refractivity contribution is 5.80. The van der Waals surface area contributed by atoms with E-state index in [0.717, 1.165) is 49.4 Å². The van der Waals surface area contributed by atoms with E-state index < -0.39 is 29.9 Å². The van der Waals surface area contributed by atoms with Crippen LogP contribution < -0.4 is 0 Å². The van der Waals surface area contributed by atoms with Crippen molar-refractivity contribution < 1.29 is 34.1 Å². The molecule has 0 radical (unpaired) electrons. The van der Waals surface area contributed by atoms with E-state index in [1.165, 1.54) is 7.11 Å². The zero-order valence-electron chi connectivity index (χ0n) is 19.5. The first kappa shape index (κ1) is 23.4. The van der Waals surface area contributed by atoms with E-state index in [1.54, 1.807) is 20.8 Å². The van der Waals surface area contributed by atoms with E-state index in [-0.39, 0.29) is 18.6 Å². The molecule has 32 heavy (non-hydrogen) atoms. The van der Waals surface area contributed by atoms with Gasteiger partial charge in [0.2, 0.25) is 0 Å². The number of aliphatic hydroxyl groups excluding tert-OH is 2. The Balaban J connectivity index is 1.49. The second kappa shape index (κ2) is 8.57. The summed E-state index contributed by atoms with van der Waals surface area (Å²) >= 11 is 0. The third-order valence-corrected chi connectivity index (χ3v) is 8.01. The minimum Gasteiger partial charge on any atom is -0.459 e. The van der Waals surface area contributed by atoms with Crippen molar-refractivity contribution in [3.8, 4) is 0 Å². The molecule has 6 atom stereocenters. The third-order valence-electron chi connectivity index (χ3n) is 8.01. The molecule has 178 valence electrons. The summed E-state index contributed by atoms with van der Waals surface area (Å²) in [4.78, 5) is 12.9. The highest BCUT2D eigenvalue weighted by Gasteiger charge is 2.54. The third kappa shape index (κ3) is 3.62. The van der Waals surface area contributed by atoms with E-state index in [9.17, 15) is 20.1 Å². The minimum absolute atomic E-state index is 0.0442. The van der Waals surface area contributed by atoms with Crippen molar-refractivity contribution in [2.24, 2.45) is 5.92 Å². The molecule has 0 aromatic carbocycles. The molecule has 3 aliphatic heterocycles. The van der Waals surface area contributed by atoms with Crippen molar-refractivity contribution in [3.63, 3.8) is 0 Å². The summed E-state index contributed by atoms with van der Waals surface area (Å²) in [6, 6.07) is 1.93. The normalized spacial score (nSPS) is 31.9. The number of carbonyl (C=O) groups is 1. The molecule has 4 heterocycles. The van der Waals surface area contributed by atoms with Crippen molar-refractivity contribution in [2.45, 2.75) is 76.7 Å². The van der Waals surface area contributed by atoms with E-state index in [0.29, 0.717) is 10.9 Å². The number of carbonyl (C=O) groups excluding carboxylic acids is 1. The second-order valence-electron chi connectivity index (χ2n) is 10.0. The summed E-state index contributed by atoms with van der Waals surface area (Å²) in [7, 11) is 1.46. The summed E-state index contributed by atoms with van der Waals surface area (Å²) in [5.41, 5.74) is 1.28. The molecule has 1 aromatic rings. The van der Waals surface area contributed by atoms with Crippen molar-refractivity contribution in [1.29, 1.82) is 0 Å². The number of aliphatic hydroxyl groups is 3. The summed E-state index contributed by atoms with van der Waals surface area (Å²) < 4.78 is 13.6. The fourth-order valence-corrected chi connectivity index (χ4v) is 5.98. The standard InChI is InChI=1S/C24H37N2O6/c1-15(2)24(30,16(3)31-4)23(29)32-14-18-7-11-26(12-8-20(28)22(18)26)13-17-5-9-25-10-6-19(27)21(17)25/h5,7,9,15-16,19-20,22,27-28,30H,6,8,10-14H2,1-4H3/q+1/t16-,19+,20+,22-,24+,26+/m1/s1. The zero-order valence-corrected chi connectivity index (χ0v) is 19.5. The lowest BCUT2D eigenvalue weighted by atomic mass is 9.85. The van der Waals surface area contributed by atoms with E-state index in [2.05, 4.69) is 16.7 Å². The van der Waals surface area contributed by atoms with Gasteiger partial charge in [-0.05, 0) is 31.4 Å². The molecule has 8 nitrogen and oxygen atoms in total. The molecule has 0 saturated carbocycles. The number of ether oxygens (including phenoxy) is 2. The maximum absolute atomic E-state index is 12.9. The van der Waals surface area contributed by atoms with Crippen molar-refractivity contribution in [3.05, 3.63) is 35.2 Å². The maximum Gasteiger partial charge on any atom is 0.341 e. The Morgan fingerprint density at radius 3 is 2.75 bits per heavy atom. The van der Waals surface area contributed by atoms with Crippen LogP contribution in [0.25, 0.3) is 0 Å². The predicted molar refractivity (Wildman–Crippen MR) is 117 cm³/mol. The quantitative estimate of drug-likeness (QED) is 0.314. The zero-order chi connectivity index (χ0) is 23.3. The van der Waals surface area contributed by atoms with Gasteiger partial charge in [0.25, 0.3) is 0 Å². The van der Waals surface area contributed by atoms with Gasteiger partial charge in [0.05, 0.1) is 31.0 Å². The maximum atomic E-state index is 12.9. The fraction of sp³-hybridized carbons (Fsp3) is 0.708. The van der Waals surface area contributed by atoms with Gasteiger partial charge in [-0.3, -0.25) is 0 Å². The van der Waals surface area contributed by atoms with Crippen LogP contribution in [0, 0.1) is 5.92 Å². The van der Waals surface area contributed by atoms with Crippen LogP contribution in [-0.2, 0) is 27.4 Å². The molecule has 3 N–H and O–H groups in total. The first-order chi connectivity index (χ1) is 15.1. The SMILES string of the molecule is CO[C@H](C)[C@](O)(C(=O)OCC1=CC[N@@+]2(Cc3ccn4c3[C@@H](O)CC4)CC[C@H](O)[C@@H]12)C(C)C. The van der Waals surface area contributed by atoms with Crippen LogP contribution in [0.4, 0.5) is 0 Å². The average Bonchev–Trinajstić information content (AvgIpc) is 3.50. The lowest BCUT2D eigenvalue weighted by Gasteiger charge is -2.37. The molecule has 4 rings (SSSR count). The van der Waals surface area contributed by atoms with E-state index >= 15 is 0 Å². The van der Waals surface area contributed by atoms with Crippen LogP contribution in [0.2, 0.25) is 0 Å². The highest BCUT2D eigenvalue weighted by atomic mass is 16.6. The van der Waals surface area contributed by atoms with Gasteiger partial charge in [-0.25, -0.2) is 4.79 Å². The van der Waals surface area contributed by atoms with Gasteiger partial charge < -0.3 is 33.8 Å². The van der Waals surface area contributed by atoms with Crippen LogP contribution in [0.3, 0.4) is 0 Å². The van der Waals surface area contributed by atoms with Crippen LogP contribution in [-0.4, -0.2) is 81.0 Å². The topological polar surface area (TPSA) is 101 Å². The number of quaternary nitrogens is 1. The van der Waals surface area contributed by atoms with Crippen molar-refractivity contribution in [1.82, 2.24) is 4.57 Å². The lowest BCUT2D eigenvalue weighted by molar-refractivity contribution is -0.938. The van der Waals surface area contributed by atoms with Gasteiger partial charge >= 0.3 is 5.97 Å². The Kier molecular flexibility index (Phi) is 6.28. The Morgan fingerprint density at radius 1 is 1.31 bits per heavy atom. The minimum atomic E-state index is -1.74. The molecular weight excluding hydrogens is 412 g/mol. The molecule has 1 fully saturated rings. The molecule has 1 saturated heterocycles. The summed E-state index contributed by atoms with van der Waals surface area (Å²) in [5.74, 6) is -1.08. The number of fused-ring (bicyclic) bond motifs is 2. The molecule has 0 spiro atoms. The molecule has 3 aliphatic rings. The van der Waals surface area contributed by atoms with Crippen LogP contribution in [0.15, 0.2) is 23.9 Å². The number of aryl methyl sites for hydroxylation is 1. The van der Waals surface area contributed by atoms with E-state index in [1.807, 2.05) is 6.20 Å². The number of esters is 1. The second-order valence-corrected chi connectivity index (χ2v) is 10.0. The summed E-state index contributed by atoms with van der Waals surface area (Å²) in [6.07, 6.45) is 3.89. The van der Waals surface area contributed by atoms with Crippen LogP contribution in [0.1, 0.15) is 51.0 Å². The first-order valence-corrected chi connectivity index (χ1v) is 11.6. The van der Waals surface area contributed by atoms with Crippen molar-refractivity contribution in [2.75, 3.05) is 26.8 Å². The average molecular weight is 450 g/mol. The van der Waals surface area contributed by atoms with Crippen LogP contribution in [0.5, 0.6) is 0 Å². The smallest absolute Gasteiger partial charge is 0.341 e. The van der Waals surface area contributed by atoms with Gasteiger partial charge in [-0.15, -0.1) is 0 Å². The fourth-order valence-electron chi connectivity index (χ4n) is 5.98. The van der Waals surface area contributed by atoms with Crippen molar-refractivity contribution >= 4 is 5.97 Å². The Bertz CT molecular complexity index is 895. The van der Waals surface area contributed by atoms with Gasteiger partial charge in [-0.2, -0.15) is 0 Å². The van der Waals surface area contributed by atoms with Gasteiger partial charge in [-0.1, -0.05) is 13.8 Å². The number of methoxy groups -OCH3 is 1. The molecular formula is C24H37N2O6+. The molecule has 8 heteroatoms. The molecule has 0 aliphatic carbocycles. The monoisotopic (exact) mass is 449 g/mol. The predicted octanol–water partition coefficient (Wildman–Crippen LogP) is 1.28. The first-order valence-electron chi connectivity index (χ1n) is 11.6. The Labute approximate surface area is 189 Å². The number of nitrogens with zero attached hydrogens (tertiary/aromatic N) is 2. The number of hydrogen-bond acceptors (Lipinski definition) is 6. The van der Waals surface area contributed by atoms with Gasteiger partial charge in [0.15, 0.2) is 5.60 Å². The molecule has 0 unspecified atom stereocenters. The van der Waals surface area contributed by atoms with Gasteiger partial charge in [0.1, 0.15) is 25.3 Å². The Morgan fingerprint density at radius 2 is 2.06 bits per heavy atom. The van der Waals surface area contributed by atoms with E-state index in [4.69, 9.17) is 9.47 Å². The number of hydrogen-bond donors (Lipinski definition) is 3. The molecule has 0 amide bonds. The highest BCUT2D eigenvalue weighted by Crippen LogP contribution is 2.41. The van der Waals surface area contributed by atoms with Gasteiger partial charge in [0, 0.05) is 37.4 Å². The summed E-state index contributed by atoms with van der Waals surface area (Å²) in [5, 5.41) is 32.2. The van der Waals surface area contributed by atoms with Crippen LogP contribution >= 0.6 is 0 Å². The molecule has 1 aromatic heterocycles. The number of rotatable bonds is 8.